The Morgan fingerprint density at radius 2 is 1.82 bits per heavy atom. The first-order valence-corrected chi connectivity index (χ1v) is 11.9. The first-order chi connectivity index (χ1) is 15.7. The third-order valence-electron chi connectivity index (χ3n) is 5.93. The Hall–Kier alpha value is -2.83. The summed E-state index contributed by atoms with van der Waals surface area (Å²) in [5, 5.41) is -0.252. The molecule has 0 aliphatic carbocycles. The van der Waals surface area contributed by atoms with Crippen LogP contribution in [0.25, 0.3) is 11.8 Å². The summed E-state index contributed by atoms with van der Waals surface area (Å²) in [5.41, 5.74) is 6.59. The van der Waals surface area contributed by atoms with E-state index in [4.69, 9.17) is 11.6 Å². The third-order valence-corrected chi connectivity index (χ3v) is 7.20. The van der Waals surface area contributed by atoms with E-state index in [1.54, 1.807) is 12.1 Å². The fourth-order valence-electron chi connectivity index (χ4n) is 4.22. The van der Waals surface area contributed by atoms with Gasteiger partial charge in [0.1, 0.15) is 5.82 Å². The van der Waals surface area contributed by atoms with Crippen molar-refractivity contribution in [3.8, 4) is 5.69 Å². The molecule has 7 heteroatoms. The van der Waals surface area contributed by atoms with Crippen LogP contribution in [0.1, 0.15) is 40.6 Å². The standard InChI is InChI=1S/C26H24ClFN2O2S/c1-5-18-9-6-8-15(2)24(18)30-16(3)12-19(17(30)4)13-23-25(31)29(26(32)33-23)14-20-21(27)10-7-11-22(20)28/h6-13H,5,14H2,1-4H3. The van der Waals surface area contributed by atoms with E-state index in [1.165, 1.54) is 23.3 Å². The van der Waals surface area contributed by atoms with Gasteiger partial charge in [-0.3, -0.25) is 14.5 Å². The second-order valence-corrected chi connectivity index (χ2v) is 9.47. The van der Waals surface area contributed by atoms with Crippen LogP contribution in [0.3, 0.4) is 0 Å². The van der Waals surface area contributed by atoms with Crippen molar-refractivity contribution < 1.29 is 14.0 Å². The summed E-state index contributed by atoms with van der Waals surface area (Å²) in [6.45, 7) is 8.06. The van der Waals surface area contributed by atoms with Crippen LogP contribution in [0.15, 0.2) is 47.4 Å². The van der Waals surface area contributed by atoms with Crippen LogP contribution in [0, 0.1) is 26.6 Å². The van der Waals surface area contributed by atoms with Crippen molar-refractivity contribution in [2.24, 2.45) is 0 Å². The molecule has 2 amide bonds. The molecule has 4 rings (SSSR count). The minimum Gasteiger partial charge on any atom is -0.317 e. The average Bonchev–Trinajstić information content (AvgIpc) is 3.19. The van der Waals surface area contributed by atoms with Crippen LogP contribution in [-0.4, -0.2) is 20.6 Å². The number of carbonyl (C=O) groups is 2. The summed E-state index contributed by atoms with van der Waals surface area (Å²) in [7, 11) is 0. The number of amides is 2. The normalized spacial score (nSPS) is 15.2. The first kappa shape index (κ1) is 23.3. The molecule has 0 atom stereocenters. The number of imide groups is 1. The van der Waals surface area contributed by atoms with Gasteiger partial charge in [0, 0.05) is 22.0 Å². The van der Waals surface area contributed by atoms with Gasteiger partial charge in [0.15, 0.2) is 0 Å². The molecule has 1 fully saturated rings. The monoisotopic (exact) mass is 482 g/mol. The Balaban J connectivity index is 1.69. The van der Waals surface area contributed by atoms with Gasteiger partial charge in [0.05, 0.1) is 17.1 Å². The molecule has 1 aliphatic rings. The van der Waals surface area contributed by atoms with Crippen LogP contribution in [-0.2, 0) is 17.8 Å². The van der Waals surface area contributed by atoms with Crippen LogP contribution in [0.4, 0.5) is 9.18 Å². The van der Waals surface area contributed by atoms with Crippen molar-refractivity contribution >= 4 is 40.6 Å². The topological polar surface area (TPSA) is 42.3 Å². The quantitative estimate of drug-likeness (QED) is 0.368. The minimum atomic E-state index is -0.543. The lowest BCUT2D eigenvalue weighted by atomic mass is 10.1. The van der Waals surface area contributed by atoms with Crippen molar-refractivity contribution in [3.05, 3.63) is 91.9 Å². The van der Waals surface area contributed by atoms with Crippen molar-refractivity contribution in [3.63, 3.8) is 0 Å². The van der Waals surface area contributed by atoms with Gasteiger partial charge >= 0.3 is 0 Å². The number of thioether (sulfide) groups is 1. The largest absolute Gasteiger partial charge is 0.317 e. The first-order valence-electron chi connectivity index (χ1n) is 10.7. The molecule has 170 valence electrons. The van der Waals surface area contributed by atoms with Gasteiger partial charge in [-0.1, -0.05) is 42.8 Å². The zero-order valence-corrected chi connectivity index (χ0v) is 20.5. The zero-order chi connectivity index (χ0) is 23.9. The van der Waals surface area contributed by atoms with E-state index in [9.17, 15) is 14.0 Å². The molecular weight excluding hydrogens is 459 g/mol. The number of aryl methyl sites for hydroxylation is 3. The number of aromatic nitrogens is 1. The molecule has 0 N–H and O–H groups in total. The molecule has 2 heterocycles. The van der Waals surface area contributed by atoms with Crippen LogP contribution >= 0.6 is 23.4 Å². The van der Waals surface area contributed by atoms with Crippen molar-refractivity contribution in [2.75, 3.05) is 0 Å². The maximum Gasteiger partial charge on any atom is 0.293 e. The number of carbonyl (C=O) groups excluding carboxylic acids is 2. The number of hydrogen-bond donors (Lipinski definition) is 0. The lowest BCUT2D eigenvalue weighted by Gasteiger charge is -2.17. The fourth-order valence-corrected chi connectivity index (χ4v) is 5.27. The second-order valence-electron chi connectivity index (χ2n) is 8.07. The number of rotatable bonds is 5. The molecule has 2 aromatic carbocycles. The lowest BCUT2D eigenvalue weighted by molar-refractivity contribution is -0.123. The molecule has 0 radical (unpaired) electrons. The highest BCUT2D eigenvalue weighted by atomic mass is 35.5. The molecule has 0 unspecified atom stereocenters. The second kappa shape index (κ2) is 9.20. The maximum atomic E-state index is 14.2. The van der Waals surface area contributed by atoms with Crippen LogP contribution in [0.5, 0.6) is 0 Å². The molecule has 0 spiro atoms. The minimum absolute atomic E-state index is 0.132. The fraction of sp³-hybridized carbons (Fsp3) is 0.231. The molecule has 4 nitrogen and oxygen atoms in total. The predicted octanol–water partition coefficient (Wildman–Crippen LogP) is 6.99. The van der Waals surface area contributed by atoms with Gasteiger partial charge in [-0.25, -0.2) is 4.39 Å². The Bertz CT molecular complexity index is 1290. The van der Waals surface area contributed by atoms with E-state index in [0.29, 0.717) is 4.91 Å². The lowest BCUT2D eigenvalue weighted by Crippen LogP contribution is -2.28. The highest BCUT2D eigenvalue weighted by Crippen LogP contribution is 2.36. The number of hydrogen-bond acceptors (Lipinski definition) is 3. The summed E-state index contributed by atoms with van der Waals surface area (Å²) in [5.74, 6) is -0.988. The summed E-state index contributed by atoms with van der Waals surface area (Å²) < 4.78 is 16.4. The average molecular weight is 483 g/mol. The Labute approximate surface area is 202 Å². The summed E-state index contributed by atoms with van der Waals surface area (Å²) in [6, 6.07) is 12.6. The molecule has 1 aromatic heterocycles. The van der Waals surface area contributed by atoms with Gasteiger partial charge in [0.2, 0.25) is 0 Å². The van der Waals surface area contributed by atoms with Gasteiger partial charge in [-0.05, 0) is 79.9 Å². The molecular formula is C26H24ClFN2O2S. The number of nitrogens with zero attached hydrogens (tertiary/aromatic N) is 2. The summed E-state index contributed by atoms with van der Waals surface area (Å²) in [4.78, 5) is 26.9. The van der Waals surface area contributed by atoms with Crippen molar-refractivity contribution in [2.45, 2.75) is 40.7 Å². The number of para-hydroxylation sites is 1. The summed E-state index contributed by atoms with van der Waals surface area (Å²) >= 11 is 6.95. The van der Waals surface area contributed by atoms with E-state index in [2.05, 4.69) is 36.6 Å². The van der Waals surface area contributed by atoms with E-state index in [0.717, 1.165) is 45.7 Å². The van der Waals surface area contributed by atoms with Crippen molar-refractivity contribution in [1.29, 1.82) is 0 Å². The van der Waals surface area contributed by atoms with Crippen molar-refractivity contribution in [1.82, 2.24) is 9.47 Å². The summed E-state index contributed by atoms with van der Waals surface area (Å²) in [6.07, 6.45) is 2.65. The van der Waals surface area contributed by atoms with Gasteiger partial charge in [0.25, 0.3) is 11.1 Å². The Morgan fingerprint density at radius 1 is 1.09 bits per heavy atom. The zero-order valence-electron chi connectivity index (χ0n) is 18.9. The molecule has 0 bridgehead atoms. The number of halogens is 2. The molecule has 1 aliphatic heterocycles. The Morgan fingerprint density at radius 3 is 2.52 bits per heavy atom. The molecule has 3 aromatic rings. The van der Waals surface area contributed by atoms with E-state index in [1.807, 2.05) is 19.9 Å². The molecule has 1 saturated heterocycles. The van der Waals surface area contributed by atoms with E-state index < -0.39 is 17.0 Å². The SMILES string of the molecule is CCc1cccc(C)c1-n1c(C)cc(C=C2SC(=O)N(Cc3c(F)cccc3Cl)C2=O)c1C. The van der Waals surface area contributed by atoms with Gasteiger partial charge < -0.3 is 4.57 Å². The predicted molar refractivity (Wildman–Crippen MR) is 132 cm³/mol. The number of benzene rings is 2. The van der Waals surface area contributed by atoms with E-state index in [-0.39, 0.29) is 17.1 Å². The highest BCUT2D eigenvalue weighted by molar-refractivity contribution is 8.18. The Kier molecular flexibility index (Phi) is 6.50. The van der Waals surface area contributed by atoms with Gasteiger partial charge in [-0.15, -0.1) is 0 Å². The molecule has 33 heavy (non-hydrogen) atoms. The third kappa shape index (κ3) is 4.25. The van der Waals surface area contributed by atoms with Crippen LogP contribution in [0.2, 0.25) is 5.02 Å². The maximum absolute atomic E-state index is 14.2. The van der Waals surface area contributed by atoms with E-state index >= 15 is 0 Å². The highest BCUT2D eigenvalue weighted by Gasteiger charge is 2.36. The van der Waals surface area contributed by atoms with Gasteiger partial charge in [-0.2, -0.15) is 0 Å². The molecule has 0 saturated carbocycles. The van der Waals surface area contributed by atoms with Crippen LogP contribution < -0.4 is 0 Å². The smallest absolute Gasteiger partial charge is 0.293 e.